The minimum absolute atomic E-state index is 0.208. The number of hydrogen-bond donors (Lipinski definition) is 1. The number of carbonyl (C=O) groups is 1. The van der Waals surface area contributed by atoms with E-state index in [4.69, 9.17) is 0 Å². The van der Waals surface area contributed by atoms with Gasteiger partial charge >= 0.3 is 0 Å². The third-order valence-corrected chi connectivity index (χ3v) is 4.91. The summed E-state index contributed by atoms with van der Waals surface area (Å²) in [5, 5.41) is 0. The van der Waals surface area contributed by atoms with Gasteiger partial charge in [-0.05, 0) is 30.2 Å². The lowest BCUT2D eigenvalue weighted by molar-refractivity contribution is -0.131. The Balaban J connectivity index is 1.27. The standard InChI is InChI=1S/C21H23N5O/c27-20(25-13-15-26(16-14-25)21-22-11-4-12-23-21)10-8-18-7-9-19(24-18)17-5-2-1-3-6-17/h1-7,9,11-12,24H,8,10,13-16H2. The van der Waals surface area contributed by atoms with E-state index in [9.17, 15) is 4.79 Å². The molecule has 1 aliphatic heterocycles. The van der Waals surface area contributed by atoms with Crippen LogP contribution >= 0.6 is 0 Å². The largest absolute Gasteiger partial charge is 0.358 e. The van der Waals surface area contributed by atoms with Gasteiger partial charge in [0.1, 0.15) is 0 Å². The number of amides is 1. The van der Waals surface area contributed by atoms with Crippen molar-refractivity contribution in [3.63, 3.8) is 0 Å². The molecule has 1 aromatic carbocycles. The molecule has 6 nitrogen and oxygen atoms in total. The van der Waals surface area contributed by atoms with Crippen molar-refractivity contribution in [2.75, 3.05) is 31.1 Å². The average Bonchev–Trinajstić information content (AvgIpc) is 3.22. The summed E-state index contributed by atoms with van der Waals surface area (Å²) in [4.78, 5) is 28.6. The Morgan fingerprint density at radius 3 is 2.41 bits per heavy atom. The van der Waals surface area contributed by atoms with Crippen molar-refractivity contribution in [1.82, 2.24) is 19.9 Å². The summed E-state index contributed by atoms with van der Waals surface area (Å²) in [6.07, 6.45) is 4.75. The smallest absolute Gasteiger partial charge is 0.225 e. The van der Waals surface area contributed by atoms with Gasteiger partial charge in [0.05, 0.1) is 0 Å². The number of aryl methyl sites for hydroxylation is 1. The first-order chi connectivity index (χ1) is 13.3. The molecule has 1 amide bonds. The third-order valence-electron chi connectivity index (χ3n) is 4.91. The number of rotatable bonds is 5. The van der Waals surface area contributed by atoms with Crippen LogP contribution in [0.25, 0.3) is 11.3 Å². The van der Waals surface area contributed by atoms with Crippen LogP contribution in [0.2, 0.25) is 0 Å². The van der Waals surface area contributed by atoms with Gasteiger partial charge in [-0.1, -0.05) is 30.3 Å². The van der Waals surface area contributed by atoms with E-state index in [-0.39, 0.29) is 5.91 Å². The molecule has 2 aromatic heterocycles. The van der Waals surface area contributed by atoms with Crippen LogP contribution in [0.5, 0.6) is 0 Å². The molecule has 4 rings (SSSR count). The van der Waals surface area contributed by atoms with Crippen LogP contribution in [0.3, 0.4) is 0 Å². The zero-order valence-corrected chi connectivity index (χ0v) is 15.2. The van der Waals surface area contributed by atoms with Crippen LogP contribution in [-0.4, -0.2) is 51.9 Å². The van der Waals surface area contributed by atoms with Gasteiger partial charge in [0.2, 0.25) is 11.9 Å². The number of aromatic amines is 1. The molecule has 1 aliphatic rings. The highest BCUT2D eigenvalue weighted by Crippen LogP contribution is 2.19. The number of carbonyl (C=O) groups excluding carboxylic acids is 1. The summed E-state index contributed by atoms with van der Waals surface area (Å²) < 4.78 is 0. The van der Waals surface area contributed by atoms with E-state index >= 15 is 0 Å². The quantitative estimate of drug-likeness (QED) is 0.759. The maximum atomic E-state index is 12.6. The van der Waals surface area contributed by atoms with Crippen molar-refractivity contribution in [3.05, 3.63) is 66.6 Å². The molecule has 3 aromatic rings. The SMILES string of the molecule is O=C(CCc1ccc(-c2ccccc2)[nH]1)N1CCN(c2ncccn2)CC1. The zero-order valence-electron chi connectivity index (χ0n) is 15.2. The van der Waals surface area contributed by atoms with Crippen molar-refractivity contribution in [2.45, 2.75) is 12.8 Å². The number of nitrogens with zero attached hydrogens (tertiary/aromatic N) is 4. The van der Waals surface area contributed by atoms with E-state index < -0.39 is 0 Å². The summed E-state index contributed by atoms with van der Waals surface area (Å²) in [5.41, 5.74) is 3.35. The Morgan fingerprint density at radius 2 is 1.67 bits per heavy atom. The monoisotopic (exact) mass is 361 g/mol. The second-order valence-corrected chi connectivity index (χ2v) is 6.68. The third kappa shape index (κ3) is 4.16. The Kier molecular flexibility index (Phi) is 5.14. The predicted octanol–water partition coefficient (Wildman–Crippen LogP) is 2.75. The molecule has 0 spiro atoms. The number of piperazine rings is 1. The molecule has 0 saturated carbocycles. The van der Waals surface area contributed by atoms with E-state index in [1.54, 1.807) is 12.4 Å². The molecule has 138 valence electrons. The van der Waals surface area contributed by atoms with Gasteiger partial charge < -0.3 is 14.8 Å². The highest BCUT2D eigenvalue weighted by molar-refractivity contribution is 5.76. The van der Waals surface area contributed by atoms with Crippen LogP contribution in [0.1, 0.15) is 12.1 Å². The zero-order chi connectivity index (χ0) is 18.5. The van der Waals surface area contributed by atoms with E-state index in [1.807, 2.05) is 29.2 Å². The van der Waals surface area contributed by atoms with Gasteiger partial charge in [-0.15, -0.1) is 0 Å². The Bertz CT molecular complexity index is 870. The molecule has 1 N–H and O–H groups in total. The predicted molar refractivity (Wildman–Crippen MR) is 105 cm³/mol. The van der Waals surface area contributed by atoms with Gasteiger partial charge in [-0.2, -0.15) is 0 Å². The topological polar surface area (TPSA) is 65.1 Å². The highest BCUT2D eigenvalue weighted by Gasteiger charge is 2.22. The first kappa shape index (κ1) is 17.3. The summed E-state index contributed by atoms with van der Waals surface area (Å²) >= 11 is 0. The Labute approximate surface area is 158 Å². The lowest BCUT2D eigenvalue weighted by Gasteiger charge is -2.34. The molecule has 0 bridgehead atoms. The van der Waals surface area contributed by atoms with Gasteiger partial charge in [0.25, 0.3) is 0 Å². The van der Waals surface area contributed by atoms with E-state index in [1.165, 1.54) is 0 Å². The summed E-state index contributed by atoms with van der Waals surface area (Å²) in [6, 6.07) is 16.2. The number of aromatic nitrogens is 3. The maximum absolute atomic E-state index is 12.6. The van der Waals surface area contributed by atoms with Crippen molar-refractivity contribution < 1.29 is 4.79 Å². The average molecular weight is 361 g/mol. The fraction of sp³-hybridized carbons (Fsp3) is 0.286. The van der Waals surface area contributed by atoms with Gasteiger partial charge in [-0.3, -0.25) is 4.79 Å². The van der Waals surface area contributed by atoms with Gasteiger partial charge in [-0.25, -0.2) is 9.97 Å². The molecule has 0 radical (unpaired) electrons. The minimum Gasteiger partial charge on any atom is -0.358 e. The molecule has 27 heavy (non-hydrogen) atoms. The van der Waals surface area contributed by atoms with Crippen LogP contribution in [0.4, 0.5) is 5.95 Å². The van der Waals surface area contributed by atoms with E-state index in [0.717, 1.165) is 55.5 Å². The van der Waals surface area contributed by atoms with Crippen molar-refractivity contribution in [3.8, 4) is 11.3 Å². The molecule has 0 atom stereocenters. The lowest BCUT2D eigenvalue weighted by atomic mass is 10.2. The number of benzene rings is 1. The van der Waals surface area contributed by atoms with E-state index in [0.29, 0.717) is 6.42 Å². The molecule has 1 fully saturated rings. The molecule has 0 unspecified atom stereocenters. The fourth-order valence-corrected chi connectivity index (χ4v) is 3.38. The van der Waals surface area contributed by atoms with Gasteiger partial charge in [0.15, 0.2) is 0 Å². The van der Waals surface area contributed by atoms with Crippen LogP contribution in [-0.2, 0) is 11.2 Å². The first-order valence-electron chi connectivity index (χ1n) is 9.33. The molecule has 3 heterocycles. The second-order valence-electron chi connectivity index (χ2n) is 6.68. The Hall–Kier alpha value is -3.15. The van der Waals surface area contributed by atoms with Crippen LogP contribution in [0, 0.1) is 0 Å². The first-order valence-corrected chi connectivity index (χ1v) is 9.33. The van der Waals surface area contributed by atoms with Crippen molar-refractivity contribution in [1.29, 1.82) is 0 Å². The summed E-state index contributed by atoms with van der Waals surface area (Å²) in [7, 11) is 0. The lowest BCUT2D eigenvalue weighted by Crippen LogP contribution is -2.49. The molecule has 0 aliphatic carbocycles. The van der Waals surface area contributed by atoms with Crippen LogP contribution < -0.4 is 4.90 Å². The normalized spacial score (nSPS) is 14.4. The van der Waals surface area contributed by atoms with Crippen LogP contribution in [0.15, 0.2) is 60.9 Å². The van der Waals surface area contributed by atoms with Gasteiger partial charge in [0, 0.05) is 56.4 Å². The number of nitrogens with one attached hydrogen (secondary N) is 1. The fourth-order valence-electron chi connectivity index (χ4n) is 3.38. The van der Waals surface area contributed by atoms with Crippen molar-refractivity contribution in [2.24, 2.45) is 0 Å². The highest BCUT2D eigenvalue weighted by atomic mass is 16.2. The summed E-state index contributed by atoms with van der Waals surface area (Å²) in [5.74, 6) is 0.948. The molecular formula is C21H23N5O. The van der Waals surface area contributed by atoms with E-state index in [2.05, 4.69) is 44.1 Å². The number of hydrogen-bond acceptors (Lipinski definition) is 4. The summed E-state index contributed by atoms with van der Waals surface area (Å²) in [6.45, 7) is 2.99. The van der Waals surface area contributed by atoms with Crippen molar-refractivity contribution >= 4 is 11.9 Å². The number of H-pyrrole nitrogens is 1. The number of anilines is 1. The Morgan fingerprint density at radius 1 is 0.926 bits per heavy atom. The molecule has 1 saturated heterocycles. The second kappa shape index (κ2) is 8.03. The molecular weight excluding hydrogens is 338 g/mol. The minimum atomic E-state index is 0.208. The molecule has 6 heteroatoms. The maximum Gasteiger partial charge on any atom is 0.225 e.